The van der Waals surface area contributed by atoms with Crippen LogP contribution in [0, 0.1) is 0 Å². The first-order chi connectivity index (χ1) is 17.2. The van der Waals surface area contributed by atoms with Gasteiger partial charge in [0.25, 0.3) is 5.91 Å². The van der Waals surface area contributed by atoms with Crippen LogP contribution in [0.4, 0.5) is 18.9 Å². The molecule has 2 aromatic carbocycles. The number of aromatic nitrogens is 1. The summed E-state index contributed by atoms with van der Waals surface area (Å²) < 4.78 is 44.0. The van der Waals surface area contributed by atoms with Crippen LogP contribution in [0.15, 0.2) is 77.1 Å². The quantitative estimate of drug-likeness (QED) is 0.399. The van der Waals surface area contributed by atoms with Gasteiger partial charge in [-0.15, -0.1) is 0 Å². The fourth-order valence-electron chi connectivity index (χ4n) is 4.35. The fourth-order valence-corrected chi connectivity index (χ4v) is 4.55. The first-order valence-electron chi connectivity index (χ1n) is 11.1. The lowest BCUT2D eigenvalue weighted by Crippen LogP contribution is -2.44. The van der Waals surface area contributed by atoms with E-state index < -0.39 is 11.7 Å². The second-order valence-electron chi connectivity index (χ2n) is 8.39. The van der Waals surface area contributed by atoms with Crippen molar-refractivity contribution in [2.45, 2.75) is 25.1 Å². The second kappa shape index (κ2) is 9.31. The summed E-state index contributed by atoms with van der Waals surface area (Å²) in [5, 5.41) is 10.4. The Kier molecular flexibility index (Phi) is 6.17. The average Bonchev–Trinajstić information content (AvgIpc) is 2.84. The molecule has 10 heteroatoms. The highest BCUT2D eigenvalue weighted by Crippen LogP contribution is 2.39. The van der Waals surface area contributed by atoms with Gasteiger partial charge in [0, 0.05) is 31.4 Å². The predicted molar refractivity (Wildman–Crippen MR) is 128 cm³/mol. The van der Waals surface area contributed by atoms with Crippen molar-refractivity contribution in [3.05, 3.63) is 93.8 Å². The molecule has 0 unspecified atom stereocenters. The minimum absolute atomic E-state index is 0.0326. The summed E-state index contributed by atoms with van der Waals surface area (Å²) >= 11 is 5.91. The topological polar surface area (TPSA) is 75.0 Å². The van der Waals surface area contributed by atoms with Gasteiger partial charge >= 0.3 is 6.18 Å². The Labute approximate surface area is 209 Å². The van der Waals surface area contributed by atoms with Gasteiger partial charge in [0.05, 0.1) is 22.9 Å². The van der Waals surface area contributed by atoms with Crippen molar-refractivity contribution in [3.63, 3.8) is 0 Å². The Hall–Kier alpha value is -3.85. The van der Waals surface area contributed by atoms with Gasteiger partial charge in [0.1, 0.15) is 16.5 Å². The summed E-state index contributed by atoms with van der Waals surface area (Å²) in [6.45, 7) is 0.551. The molecule has 5 rings (SSSR count). The van der Waals surface area contributed by atoms with E-state index in [0.717, 1.165) is 18.1 Å². The summed E-state index contributed by atoms with van der Waals surface area (Å²) in [6, 6.07) is 14.8. The van der Waals surface area contributed by atoms with E-state index >= 15 is 0 Å². The van der Waals surface area contributed by atoms with E-state index in [1.807, 2.05) is 24.3 Å². The zero-order chi connectivity index (χ0) is 25.4. The molecule has 0 fully saturated rings. The van der Waals surface area contributed by atoms with Crippen LogP contribution in [0.2, 0.25) is 5.02 Å². The molecule has 2 aliphatic rings. The highest BCUT2D eigenvalue weighted by Gasteiger charge is 2.37. The highest BCUT2D eigenvalue weighted by molar-refractivity contribution is 6.31. The highest BCUT2D eigenvalue weighted by atomic mass is 35.5. The van der Waals surface area contributed by atoms with Crippen LogP contribution in [0.5, 0.6) is 11.6 Å². The van der Waals surface area contributed by atoms with Crippen LogP contribution in [-0.4, -0.2) is 33.7 Å². The largest absolute Gasteiger partial charge is 0.511 e. The van der Waals surface area contributed by atoms with E-state index in [9.17, 15) is 23.1 Å². The number of rotatable bonds is 4. The van der Waals surface area contributed by atoms with Crippen LogP contribution < -0.4 is 4.74 Å². The van der Waals surface area contributed by atoms with Crippen LogP contribution in [0.1, 0.15) is 29.2 Å². The number of nitrogens with zero attached hydrogens (tertiary/aromatic N) is 3. The number of carbonyl (C=O) groups excluding carboxylic acids is 1. The van der Waals surface area contributed by atoms with E-state index in [1.165, 1.54) is 17.8 Å². The molecule has 0 spiro atoms. The van der Waals surface area contributed by atoms with Gasteiger partial charge in [-0.05, 0) is 35.7 Å². The van der Waals surface area contributed by atoms with Crippen molar-refractivity contribution in [3.8, 4) is 11.6 Å². The summed E-state index contributed by atoms with van der Waals surface area (Å²) in [6.07, 6.45) is -1.58. The van der Waals surface area contributed by atoms with Gasteiger partial charge in [0.15, 0.2) is 0 Å². The third-order valence-electron chi connectivity index (χ3n) is 6.11. The number of carbonyl (C=O) groups is 1. The number of pyridine rings is 1. The Morgan fingerprint density at radius 2 is 1.97 bits per heavy atom. The molecule has 6 nitrogen and oxygen atoms in total. The number of amides is 1. The monoisotopic (exact) mass is 513 g/mol. The SMILES string of the molecule is O=C1C(C=Nc2cccc(Oc3ncc(C(F)(F)F)cc3Cl)c2)=C(O)C[C@@H]2c3ccccc3CCN12. The maximum atomic E-state index is 13.1. The second-order valence-corrected chi connectivity index (χ2v) is 8.80. The van der Waals surface area contributed by atoms with Crippen LogP contribution in [0.3, 0.4) is 0 Å². The minimum Gasteiger partial charge on any atom is -0.511 e. The van der Waals surface area contributed by atoms with Gasteiger partial charge in [-0.25, -0.2) is 4.98 Å². The van der Waals surface area contributed by atoms with Gasteiger partial charge in [-0.3, -0.25) is 9.79 Å². The summed E-state index contributed by atoms with van der Waals surface area (Å²) in [5.74, 6) is -0.283. The summed E-state index contributed by atoms with van der Waals surface area (Å²) in [7, 11) is 0. The number of ether oxygens (including phenoxy) is 1. The van der Waals surface area contributed by atoms with E-state index in [2.05, 4.69) is 9.98 Å². The van der Waals surface area contributed by atoms with E-state index in [-0.39, 0.29) is 39.9 Å². The molecular formula is C26H19ClF3N3O3. The molecule has 1 N–H and O–H groups in total. The number of benzene rings is 2. The number of halogens is 4. The molecule has 36 heavy (non-hydrogen) atoms. The van der Waals surface area contributed by atoms with Crippen molar-refractivity contribution in [1.29, 1.82) is 0 Å². The molecule has 0 bridgehead atoms. The molecule has 2 aliphatic heterocycles. The number of aliphatic hydroxyl groups is 1. The zero-order valence-corrected chi connectivity index (χ0v) is 19.4. The van der Waals surface area contributed by atoms with Gasteiger partial charge in [-0.1, -0.05) is 41.9 Å². The third-order valence-corrected chi connectivity index (χ3v) is 6.38. The number of aliphatic imine (C=N–C) groups is 1. The number of aliphatic hydroxyl groups excluding tert-OH is 1. The van der Waals surface area contributed by atoms with E-state index in [4.69, 9.17) is 16.3 Å². The molecule has 1 aromatic heterocycles. The van der Waals surface area contributed by atoms with Crippen molar-refractivity contribution in [2.24, 2.45) is 4.99 Å². The van der Waals surface area contributed by atoms with Crippen molar-refractivity contribution < 1.29 is 27.8 Å². The molecular weight excluding hydrogens is 495 g/mol. The molecule has 0 saturated heterocycles. The van der Waals surface area contributed by atoms with Gasteiger partial charge in [-0.2, -0.15) is 13.2 Å². The Morgan fingerprint density at radius 3 is 2.75 bits per heavy atom. The van der Waals surface area contributed by atoms with Crippen molar-refractivity contribution in [1.82, 2.24) is 9.88 Å². The normalized spacial score (nSPS) is 17.8. The maximum absolute atomic E-state index is 13.1. The molecule has 3 aromatic rings. The van der Waals surface area contributed by atoms with Crippen LogP contribution in [0.25, 0.3) is 0 Å². The first kappa shape index (κ1) is 23.9. The first-order valence-corrected chi connectivity index (χ1v) is 11.4. The standard InChI is InChI=1S/C26H19ClF3N3O3/c27-21-10-16(26(28,29)30)13-32-24(21)36-18-6-3-5-17(11-18)31-14-20-23(34)12-22-19-7-2-1-4-15(19)8-9-33(22)25(20)35/h1-7,10-11,13-14,22,34H,8-9,12H2/t22-/m1/s1. The zero-order valence-electron chi connectivity index (χ0n) is 18.7. The molecule has 0 radical (unpaired) electrons. The molecule has 1 amide bonds. The van der Waals surface area contributed by atoms with E-state index in [1.54, 1.807) is 23.1 Å². The summed E-state index contributed by atoms with van der Waals surface area (Å²) in [4.78, 5) is 22.9. The smallest absolute Gasteiger partial charge is 0.417 e. The minimum atomic E-state index is -4.57. The number of alkyl halides is 3. The van der Waals surface area contributed by atoms with Gasteiger partial charge < -0.3 is 14.7 Å². The lowest BCUT2D eigenvalue weighted by Gasteiger charge is -2.40. The molecule has 1 atom stereocenters. The van der Waals surface area contributed by atoms with Crippen molar-refractivity contribution >= 4 is 29.4 Å². The number of fused-ring (bicyclic) bond motifs is 3. The summed E-state index contributed by atoms with van der Waals surface area (Å²) in [5.41, 5.74) is 1.75. The van der Waals surface area contributed by atoms with E-state index in [0.29, 0.717) is 24.8 Å². The lowest BCUT2D eigenvalue weighted by atomic mass is 9.86. The van der Waals surface area contributed by atoms with Crippen LogP contribution in [-0.2, 0) is 17.4 Å². The molecule has 0 aliphatic carbocycles. The molecule has 3 heterocycles. The van der Waals surface area contributed by atoms with Crippen molar-refractivity contribution in [2.75, 3.05) is 6.54 Å². The third kappa shape index (κ3) is 4.66. The molecule has 184 valence electrons. The number of hydrogen-bond acceptors (Lipinski definition) is 5. The van der Waals surface area contributed by atoms with Gasteiger partial charge in [0.2, 0.25) is 5.88 Å². The lowest BCUT2D eigenvalue weighted by molar-refractivity contribution is -0.137. The predicted octanol–water partition coefficient (Wildman–Crippen LogP) is 6.59. The number of hydrogen-bond donors (Lipinski definition) is 1. The van der Waals surface area contributed by atoms with Crippen LogP contribution >= 0.6 is 11.6 Å². The Morgan fingerprint density at radius 1 is 1.17 bits per heavy atom. The maximum Gasteiger partial charge on any atom is 0.417 e. The Bertz CT molecular complexity index is 1400. The fraction of sp³-hybridized carbons (Fsp3) is 0.192. The average molecular weight is 514 g/mol. The Balaban J connectivity index is 1.35. The molecule has 0 saturated carbocycles.